The molecule has 42 heavy (non-hydrogen) atoms. The quantitative estimate of drug-likeness (QED) is 0.126. The summed E-state index contributed by atoms with van der Waals surface area (Å²) in [7, 11) is 0. The van der Waals surface area contributed by atoms with Crippen LogP contribution in [-0.2, 0) is 19.3 Å². The fourth-order valence-corrected chi connectivity index (χ4v) is 6.81. The maximum Gasteiger partial charge on any atom is 0.211 e. The molecule has 0 unspecified atom stereocenters. The summed E-state index contributed by atoms with van der Waals surface area (Å²) < 4.78 is 1.59. The Kier molecular flexibility index (Phi) is 13.7. The van der Waals surface area contributed by atoms with Gasteiger partial charge in [-0.1, -0.05) is 79.6 Å². The van der Waals surface area contributed by atoms with E-state index in [4.69, 9.17) is 0 Å². The van der Waals surface area contributed by atoms with E-state index in [2.05, 4.69) is 79.7 Å². The van der Waals surface area contributed by atoms with Crippen molar-refractivity contribution < 1.29 is 4.70 Å². The molecule has 2 aromatic carbocycles. The maximum absolute atomic E-state index is 12.1. The molecule has 0 atom stereocenters. The van der Waals surface area contributed by atoms with Crippen molar-refractivity contribution >= 4 is 11.4 Å². The van der Waals surface area contributed by atoms with Crippen LogP contribution in [0.5, 0.6) is 0 Å². The Bertz CT molecular complexity index is 1220. The maximum atomic E-state index is 12.1. The van der Waals surface area contributed by atoms with Crippen LogP contribution in [-0.4, -0.2) is 4.70 Å². The van der Waals surface area contributed by atoms with Gasteiger partial charge in [-0.3, -0.25) is 0 Å². The number of allylic oxidation sites excluding steroid dienone is 2. The van der Waals surface area contributed by atoms with Gasteiger partial charge in [-0.05, 0) is 136 Å². The molecule has 0 bridgehead atoms. The summed E-state index contributed by atoms with van der Waals surface area (Å²) in [6, 6.07) is 9.51. The van der Waals surface area contributed by atoms with E-state index < -0.39 is 0 Å². The first-order chi connectivity index (χ1) is 20.3. The van der Waals surface area contributed by atoms with E-state index in [1.54, 1.807) is 10.3 Å². The molecule has 230 valence electrons. The molecule has 1 aliphatic rings. The third-order valence-corrected chi connectivity index (χ3v) is 9.53. The molecule has 0 aliphatic carbocycles. The van der Waals surface area contributed by atoms with Crippen LogP contribution in [0.15, 0.2) is 35.4 Å². The average Bonchev–Trinajstić information content (AvgIpc) is 3.26. The molecule has 2 heteroatoms. The minimum atomic E-state index is 0.924. The number of benzene rings is 2. The fraction of sp³-hybridized carbons (Fsp3) is 0.600. The zero-order valence-electron chi connectivity index (χ0n) is 28.5. The minimum Gasteiger partial charge on any atom is -0.493 e. The van der Waals surface area contributed by atoms with Crippen LogP contribution < -0.4 is 0 Å². The molecular formula is C40H60N2. The standard InChI is InChI=1S/C40H60N2/c1-9-14-18-21-32-27-35(28-33(22-19-15-10-2)37(32)24-20-16-11-3)39-36(13-5)38(23-17-12-4)40(42(39)41)34-25-29(6)31(8)30(7)26-34/h25-28H,9-24H2,1-8H3. The number of aryl methyl sites for hydroxylation is 4. The van der Waals surface area contributed by atoms with Gasteiger partial charge in [0.05, 0.1) is 0 Å². The van der Waals surface area contributed by atoms with Gasteiger partial charge in [0, 0.05) is 22.3 Å². The van der Waals surface area contributed by atoms with Crippen LogP contribution in [0.4, 0.5) is 0 Å². The van der Waals surface area contributed by atoms with E-state index in [0.717, 1.165) is 55.5 Å². The van der Waals surface area contributed by atoms with Gasteiger partial charge < -0.3 is 5.53 Å². The van der Waals surface area contributed by atoms with Gasteiger partial charge in [-0.2, -0.15) is 0 Å². The smallest absolute Gasteiger partial charge is 0.211 e. The van der Waals surface area contributed by atoms with E-state index in [9.17, 15) is 5.53 Å². The van der Waals surface area contributed by atoms with Crippen LogP contribution in [0, 0.1) is 20.8 Å². The number of unbranched alkanes of at least 4 members (excludes halogenated alkanes) is 7. The van der Waals surface area contributed by atoms with E-state index in [1.807, 2.05) is 0 Å². The normalized spacial score (nSPS) is 13.7. The van der Waals surface area contributed by atoms with E-state index in [1.165, 1.54) is 109 Å². The van der Waals surface area contributed by atoms with Crippen LogP contribution in [0.2, 0.25) is 0 Å². The van der Waals surface area contributed by atoms with Crippen molar-refractivity contribution in [1.82, 2.24) is 0 Å². The van der Waals surface area contributed by atoms with Crippen molar-refractivity contribution in [3.63, 3.8) is 0 Å². The van der Waals surface area contributed by atoms with E-state index >= 15 is 0 Å². The van der Waals surface area contributed by atoms with Gasteiger partial charge in [-0.25, -0.2) is 4.70 Å². The van der Waals surface area contributed by atoms with Crippen molar-refractivity contribution in [1.29, 1.82) is 0 Å². The molecule has 0 spiro atoms. The monoisotopic (exact) mass is 568 g/mol. The van der Waals surface area contributed by atoms with Gasteiger partial charge in [0.25, 0.3) is 0 Å². The van der Waals surface area contributed by atoms with Crippen LogP contribution in [0.3, 0.4) is 0 Å². The summed E-state index contributed by atoms with van der Waals surface area (Å²) in [5, 5.41) is 0. The molecule has 0 saturated heterocycles. The Morgan fingerprint density at radius 1 is 0.524 bits per heavy atom. The third-order valence-electron chi connectivity index (χ3n) is 9.53. The lowest BCUT2D eigenvalue weighted by molar-refractivity contribution is -0.345. The zero-order chi connectivity index (χ0) is 30.6. The Morgan fingerprint density at radius 2 is 0.976 bits per heavy atom. The Morgan fingerprint density at radius 3 is 1.45 bits per heavy atom. The number of hydrogen-bond donors (Lipinski definition) is 0. The molecule has 0 N–H and O–H groups in total. The predicted octanol–water partition coefficient (Wildman–Crippen LogP) is 12.6. The van der Waals surface area contributed by atoms with Crippen molar-refractivity contribution in [2.75, 3.05) is 0 Å². The molecule has 1 heterocycles. The summed E-state index contributed by atoms with van der Waals surface area (Å²) in [5.41, 5.74) is 27.8. The Labute approximate surface area is 259 Å². The molecule has 2 aromatic rings. The largest absolute Gasteiger partial charge is 0.493 e. The summed E-state index contributed by atoms with van der Waals surface area (Å²) in [6.45, 7) is 18.1. The Balaban J connectivity index is 2.21. The Hall–Kier alpha value is -2.48. The van der Waals surface area contributed by atoms with Gasteiger partial charge in [0.2, 0.25) is 11.4 Å². The highest BCUT2D eigenvalue weighted by atomic mass is 15.2. The van der Waals surface area contributed by atoms with Crippen LogP contribution >= 0.6 is 0 Å². The molecule has 0 saturated carbocycles. The topological polar surface area (TPSA) is 25.3 Å². The van der Waals surface area contributed by atoms with Gasteiger partial charge in [-0.15, -0.1) is 0 Å². The summed E-state index contributed by atoms with van der Waals surface area (Å²) in [5.74, 6) is 0. The number of rotatable bonds is 18. The molecule has 0 aromatic heterocycles. The molecule has 3 rings (SSSR count). The fourth-order valence-electron chi connectivity index (χ4n) is 6.81. The molecule has 0 radical (unpaired) electrons. The van der Waals surface area contributed by atoms with E-state index in [-0.39, 0.29) is 0 Å². The lowest BCUT2D eigenvalue weighted by Gasteiger charge is -2.19. The van der Waals surface area contributed by atoms with Crippen molar-refractivity contribution in [2.24, 2.45) is 0 Å². The summed E-state index contributed by atoms with van der Waals surface area (Å²) >= 11 is 0. The molecular weight excluding hydrogens is 508 g/mol. The lowest BCUT2D eigenvalue weighted by Crippen LogP contribution is -2.08. The van der Waals surface area contributed by atoms with E-state index in [0.29, 0.717) is 0 Å². The highest BCUT2D eigenvalue weighted by molar-refractivity contribution is 5.82. The van der Waals surface area contributed by atoms with Gasteiger partial charge in [0.1, 0.15) is 0 Å². The second-order valence-corrected chi connectivity index (χ2v) is 12.8. The van der Waals surface area contributed by atoms with Crippen molar-refractivity contribution in [3.8, 4) is 0 Å². The van der Waals surface area contributed by atoms with Crippen LogP contribution in [0.25, 0.3) is 16.9 Å². The molecule has 2 nitrogen and oxygen atoms in total. The minimum absolute atomic E-state index is 0.924. The first kappa shape index (κ1) is 34.0. The van der Waals surface area contributed by atoms with Gasteiger partial charge in [0.15, 0.2) is 0 Å². The first-order valence-corrected chi connectivity index (χ1v) is 17.5. The third kappa shape index (κ3) is 8.12. The van der Waals surface area contributed by atoms with Crippen molar-refractivity contribution in [3.05, 3.63) is 85.5 Å². The molecule has 1 aliphatic heterocycles. The highest BCUT2D eigenvalue weighted by Gasteiger charge is 2.35. The second-order valence-electron chi connectivity index (χ2n) is 12.8. The summed E-state index contributed by atoms with van der Waals surface area (Å²) in [6.07, 6.45) is 19.0. The second kappa shape index (κ2) is 17.0. The average molecular weight is 569 g/mol. The zero-order valence-corrected chi connectivity index (χ0v) is 28.5. The lowest BCUT2D eigenvalue weighted by atomic mass is 9.87. The SMILES string of the molecule is CCCCCc1cc(C2=C(CC)C(CCCC)=C(c3cc(C)c(C)c(C)c3)[N+]2=[N-])cc(CCCCC)c1CCCCC. The number of hydrogen-bond acceptors (Lipinski definition) is 0. The van der Waals surface area contributed by atoms with Crippen LogP contribution in [0.1, 0.15) is 163 Å². The predicted molar refractivity (Wildman–Crippen MR) is 184 cm³/mol. The summed E-state index contributed by atoms with van der Waals surface area (Å²) in [4.78, 5) is 0. The van der Waals surface area contributed by atoms with Crippen molar-refractivity contribution in [2.45, 2.75) is 158 Å². The van der Waals surface area contributed by atoms with Gasteiger partial charge >= 0.3 is 0 Å². The first-order valence-electron chi connectivity index (χ1n) is 17.5. The number of nitrogens with zero attached hydrogens (tertiary/aromatic N) is 2. The molecule has 0 fully saturated rings. The molecule has 0 amide bonds. The highest BCUT2D eigenvalue weighted by Crippen LogP contribution is 2.45.